The largest absolute Gasteiger partial charge is 0.489 e. The van der Waals surface area contributed by atoms with Crippen LogP contribution in [-0.4, -0.2) is 69.0 Å². The fraction of sp³-hybridized carbons (Fsp3) is 0.591. The van der Waals surface area contributed by atoms with E-state index >= 15 is 0 Å². The van der Waals surface area contributed by atoms with Crippen molar-refractivity contribution in [1.29, 1.82) is 0 Å². The molecule has 0 radical (unpaired) electrons. The molecule has 1 saturated carbocycles. The number of halogens is 1. The Hall–Kier alpha value is -2.68. The number of rotatable bonds is 15. The first-order chi connectivity index (χ1) is 15.0. The molecule has 1 aliphatic carbocycles. The van der Waals surface area contributed by atoms with Crippen molar-refractivity contribution in [3.05, 3.63) is 29.6 Å². The molecule has 3 N–H and O–H groups in total. The van der Waals surface area contributed by atoms with Crippen LogP contribution in [0.1, 0.15) is 31.7 Å². The average molecular weight is 437 g/mol. The first-order valence-corrected chi connectivity index (χ1v) is 10.8. The van der Waals surface area contributed by atoms with Gasteiger partial charge in [0.25, 0.3) is 0 Å². The molecule has 9 heteroatoms. The second-order valence-electron chi connectivity index (χ2n) is 7.67. The lowest BCUT2D eigenvalue weighted by molar-refractivity contribution is -0.136. The van der Waals surface area contributed by atoms with E-state index in [9.17, 15) is 18.8 Å². The van der Waals surface area contributed by atoms with Crippen LogP contribution >= 0.6 is 0 Å². The van der Waals surface area contributed by atoms with Crippen molar-refractivity contribution < 1.29 is 23.5 Å². The number of nitrogens with one attached hydrogen (secondary N) is 3. The highest BCUT2D eigenvalue weighted by molar-refractivity contribution is 5.87. The number of hydrogen-bond acceptors (Lipinski definition) is 5. The van der Waals surface area contributed by atoms with Crippen molar-refractivity contribution in [2.75, 3.05) is 39.8 Å². The Morgan fingerprint density at radius 2 is 2.10 bits per heavy atom. The summed E-state index contributed by atoms with van der Waals surface area (Å²) in [5.74, 6) is -0.288. The van der Waals surface area contributed by atoms with E-state index in [0.717, 1.165) is 18.4 Å². The van der Waals surface area contributed by atoms with E-state index in [-0.39, 0.29) is 42.7 Å². The van der Waals surface area contributed by atoms with Gasteiger partial charge in [0.2, 0.25) is 18.2 Å². The maximum atomic E-state index is 14.3. The molecule has 0 saturated heterocycles. The molecule has 0 bridgehead atoms. The Bertz CT molecular complexity index is 742. The van der Waals surface area contributed by atoms with Crippen LogP contribution in [0.25, 0.3) is 0 Å². The highest BCUT2D eigenvalue weighted by Crippen LogP contribution is 2.33. The smallest absolute Gasteiger partial charge is 0.240 e. The predicted octanol–water partition coefficient (Wildman–Crippen LogP) is 0.846. The third-order valence-corrected chi connectivity index (χ3v) is 5.10. The zero-order valence-electron chi connectivity index (χ0n) is 18.3. The van der Waals surface area contributed by atoms with Crippen molar-refractivity contribution in [2.24, 2.45) is 5.92 Å². The van der Waals surface area contributed by atoms with Gasteiger partial charge in [-0.25, -0.2) is 4.39 Å². The Kier molecular flexibility index (Phi) is 10.2. The Labute approximate surface area is 182 Å². The van der Waals surface area contributed by atoms with Crippen molar-refractivity contribution in [3.63, 3.8) is 0 Å². The zero-order valence-corrected chi connectivity index (χ0v) is 18.3. The van der Waals surface area contributed by atoms with Gasteiger partial charge in [-0.1, -0.05) is 12.1 Å². The summed E-state index contributed by atoms with van der Waals surface area (Å²) in [6.45, 7) is 3.46. The van der Waals surface area contributed by atoms with E-state index in [1.807, 2.05) is 6.92 Å². The lowest BCUT2D eigenvalue weighted by atomic mass is 10.1. The summed E-state index contributed by atoms with van der Waals surface area (Å²) in [6.07, 6.45) is 3.82. The minimum absolute atomic E-state index is 0.0195. The van der Waals surface area contributed by atoms with Gasteiger partial charge in [0.1, 0.15) is 6.61 Å². The number of para-hydroxylation sites is 1. The van der Waals surface area contributed by atoms with Crippen LogP contribution in [0.5, 0.6) is 5.75 Å². The van der Waals surface area contributed by atoms with E-state index in [1.165, 1.54) is 11.0 Å². The topological polar surface area (TPSA) is 99.8 Å². The first-order valence-electron chi connectivity index (χ1n) is 10.8. The van der Waals surface area contributed by atoms with E-state index in [2.05, 4.69) is 16.0 Å². The van der Waals surface area contributed by atoms with Gasteiger partial charge in [-0.2, -0.15) is 0 Å². The fourth-order valence-electron chi connectivity index (χ4n) is 3.39. The number of aryl methyl sites for hydroxylation is 1. The summed E-state index contributed by atoms with van der Waals surface area (Å²) in [7, 11) is 1.62. The molecule has 1 fully saturated rings. The second-order valence-corrected chi connectivity index (χ2v) is 7.67. The molecule has 1 aliphatic rings. The summed E-state index contributed by atoms with van der Waals surface area (Å²) in [5, 5.41) is 8.49. The molecular weight excluding hydrogens is 403 g/mol. The van der Waals surface area contributed by atoms with Gasteiger partial charge in [0.15, 0.2) is 11.6 Å². The van der Waals surface area contributed by atoms with E-state index < -0.39 is 5.82 Å². The van der Waals surface area contributed by atoms with Crippen LogP contribution in [0.3, 0.4) is 0 Å². The quantitative estimate of drug-likeness (QED) is 0.280. The van der Waals surface area contributed by atoms with Gasteiger partial charge in [-0.15, -0.1) is 0 Å². The highest BCUT2D eigenvalue weighted by Gasteiger charge is 2.37. The van der Waals surface area contributed by atoms with Gasteiger partial charge >= 0.3 is 0 Å². The van der Waals surface area contributed by atoms with Crippen molar-refractivity contribution in [2.45, 2.75) is 38.6 Å². The molecule has 0 spiro atoms. The maximum absolute atomic E-state index is 14.3. The lowest BCUT2D eigenvalue weighted by Crippen LogP contribution is -2.49. The summed E-state index contributed by atoms with van der Waals surface area (Å²) >= 11 is 0. The number of hydrogen-bond donors (Lipinski definition) is 3. The van der Waals surface area contributed by atoms with Crippen molar-refractivity contribution in [3.8, 4) is 5.75 Å². The second kappa shape index (κ2) is 12.9. The number of nitrogens with zero attached hydrogens (tertiary/aromatic N) is 1. The molecule has 0 aliphatic heterocycles. The van der Waals surface area contributed by atoms with Gasteiger partial charge in [0, 0.05) is 26.7 Å². The predicted molar refractivity (Wildman–Crippen MR) is 115 cm³/mol. The highest BCUT2D eigenvalue weighted by atomic mass is 19.1. The number of amides is 3. The number of benzene rings is 1. The molecule has 0 aromatic heterocycles. The van der Waals surface area contributed by atoms with E-state index in [4.69, 9.17) is 4.74 Å². The molecule has 2 rings (SSSR count). The maximum Gasteiger partial charge on any atom is 0.240 e. The van der Waals surface area contributed by atoms with Crippen LogP contribution in [-0.2, 0) is 20.8 Å². The monoisotopic (exact) mass is 436 g/mol. The average Bonchev–Trinajstić information content (AvgIpc) is 3.57. The fourth-order valence-corrected chi connectivity index (χ4v) is 3.39. The number of carbonyl (C=O) groups excluding carboxylic acids is 3. The zero-order chi connectivity index (χ0) is 22.6. The molecule has 172 valence electrons. The summed E-state index contributed by atoms with van der Waals surface area (Å²) in [5.41, 5.74) is 0.740. The van der Waals surface area contributed by atoms with Gasteiger partial charge < -0.3 is 25.6 Å². The summed E-state index contributed by atoms with van der Waals surface area (Å²) < 4.78 is 19.9. The Morgan fingerprint density at radius 3 is 2.77 bits per heavy atom. The minimum Gasteiger partial charge on any atom is -0.489 e. The Balaban J connectivity index is 1.85. The van der Waals surface area contributed by atoms with Crippen molar-refractivity contribution in [1.82, 2.24) is 20.9 Å². The third kappa shape index (κ3) is 8.16. The van der Waals surface area contributed by atoms with Crippen LogP contribution in [0.4, 0.5) is 4.39 Å². The Morgan fingerprint density at radius 1 is 1.32 bits per heavy atom. The molecule has 1 aromatic rings. The molecule has 3 amide bonds. The van der Waals surface area contributed by atoms with Gasteiger partial charge in [-0.05, 0) is 50.2 Å². The molecular formula is C22H33FN4O4. The SMILES string of the molecule is CCNC(=O)CN(C)C(=O)C(NCCOc1c(F)cccc1CCCNC=O)C1CC1. The molecule has 31 heavy (non-hydrogen) atoms. The minimum atomic E-state index is -0.433. The number of likely N-dealkylation sites (N-methyl/N-ethyl adjacent to an activating group) is 2. The van der Waals surface area contributed by atoms with Crippen LogP contribution in [0.15, 0.2) is 18.2 Å². The van der Waals surface area contributed by atoms with Crippen LogP contribution in [0.2, 0.25) is 0 Å². The lowest BCUT2D eigenvalue weighted by Gasteiger charge is -2.24. The van der Waals surface area contributed by atoms with E-state index in [0.29, 0.717) is 38.9 Å². The number of carbonyl (C=O) groups is 3. The molecule has 1 atom stereocenters. The molecule has 0 heterocycles. The molecule has 1 unspecified atom stereocenters. The number of ether oxygens (including phenoxy) is 1. The third-order valence-electron chi connectivity index (χ3n) is 5.10. The van der Waals surface area contributed by atoms with Gasteiger partial charge in [-0.3, -0.25) is 14.4 Å². The summed E-state index contributed by atoms with van der Waals surface area (Å²) in [6, 6.07) is 4.41. The molecule has 1 aromatic carbocycles. The first kappa shape index (κ1) is 24.6. The normalized spacial score (nSPS) is 13.9. The summed E-state index contributed by atoms with van der Waals surface area (Å²) in [4.78, 5) is 36.3. The standard InChI is InChI=1S/C22H33FN4O4/c1-3-25-19(29)14-27(2)22(30)20(16-9-10-16)26-12-13-31-21-17(6-4-8-18(21)23)7-5-11-24-15-28/h4,6,8,15-16,20,26H,3,5,7,9-14H2,1-2H3,(H,24,28)(H,25,29). The van der Waals surface area contributed by atoms with Crippen LogP contribution in [0, 0.1) is 11.7 Å². The molecule has 8 nitrogen and oxygen atoms in total. The van der Waals surface area contributed by atoms with E-state index in [1.54, 1.807) is 19.2 Å². The van der Waals surface area contributed by atoms with Gasteiger partial charge in [0.05, 0.1) is 12.6 Å². The van der Waals surface area contributed by atoms with Crippen LogP contribution < -0.4 is 20.7 Å². The van der Waals surface area contributed by atoms with Crippen molar-refractivity contribution >= 4 is 18.2 Å².